The molecule has 2 aromatic rings. The van der Waals surface area contributed by atoms with Gasteiger partial charge in [0, 0.05) is 28.3 Å². The third-order valence-electron chi connectivity index (χ3n) is 2.86. The fourth-order valence-electron chi connectivity index (χ4n) is 2.08. The second kappa shape index (κ2) is 5.79. The highest BCUT2D eigenvalue weighted by molar-refractivity contribution is 7.98. The molecule has 1 unspecified atom stereocenters. The second-order valence-corrected chi connectivity index (χ2v) is 5.23. The van der Waals surface area contributed by atoms with E-state index in [4.69, 9.17) is 5.26 Å². The minimum atomic E-state index is 0.413. The van der Waals surface area contributed by atoms with Crippen molar-refractivity contribution in [2.45, 2.75) is 13.0 Å². The Kier molecular flexibility index (Phi) is 4.11. The van der Waals surface area contributed by atoms with Crippen LogP contribution in [0.1, 0.15) is 12.5 Å². The van der Waals surface area contributed by atoms with Crippen LogP contribution in [0.25, 0.3) is 10.8 Å². The lowest BCUT2D eigenvalue weighted by atomic mass is 10.0. The quantitative estimate of drug-likeness (QED) is 0.902. The lowest BCUT2D eigenvalue weighted by Crippen LogP contribution is -2.17. The zero-order valence-corrected chi connectivity index (χ0v) is 11.4. The SMILES string of the molecule is CSCC(C)Nc1ccc(C#N)c2ccccc12. The van der Waals surface area contributed by atoms with Crippen LogP contribution in [0.2, 0.25) is 0 Å². The Bertz CT molecular complexity index is 587. The number of rotatable bonds is 4. The van der Waals surface area contributed by atoms with E-state index in [2.05, 4.69) is 30.6 Å². The van der Waals surface area contributed by atoms with Gasteiger partial charge >= 0.3 is 0 Å². The molecule has 0 saturated carbocycles. The van der Waals surface area contributed by atoms with Crippen molar-refractivity contribution in [3.05, 3.63) is 42.0 Å². The van der Waals surface area contributed by atoms with Crippen molar-refractivity contribution in [3.63, 3.8) is 0 Å². The standard InChI is InChI=1S/C15H16N2S/c1-11(10-18-2)17-15-8-7-12(9-16)13-5-3-4-6-14(13)15/h3-8,11,17H,10H2,1-2H3. The summed E-state index contributed by atoms with van der Waals surface area (Å²) in [5, 5.41) is 14.8. The van der Waals surface area contributed by atoms with Gasteiger partial charge in [-0.25, -0.2) is 0 Å². The fourth-order valence-corrected chi connectivity index (χ4v) is 2.66. The highest BCUT2D eigenvalue weighted by Crippen LogP contribution is 2.27. The van der Waals surface area contributed by atoms with Gasteiger partial charge in [-0.1, -0.05) is 24.3 Å². The smallest absolute Gasteiger partial charge is 0.0998 e. The molecule has 0 saturated heterocycles. The highest BCUT2D eigenvalue weighted by Gasteiger charge is 2.07. The molecular weight excluding hydrogens is 240 g/mol. The summed E-state index contributed by atoms with van der Waals surface area (Å²) in [6.45, 7) is 2.17. The maximum absolute atomic E-state index is 9.12. The molecule has 0 spiro atoms. The molecule has 2 aromatic carbocycles. The molecule has 0 heterocycles. The highest BCUT2D eigenvalue weighted by atomic mass is 32.2. The van der Waals surface area contributed by atoms with E-state index in [0.717, 1.165) is 27.8 Å². The number of nitrogens with one attached hydrogen (secondary N) is 1. The maximum Gasteiger partial charge on any atom is 0.0998 e. The number of hydrogen-bond acceptors (Lipinski definition) is 3. The van der Waals surface area contributed by atoms with Crippen molar-refractivity contribution in [2.75, 3.05) is 17.3 Å². The number of benzene rings is 2. The van der Waals surface area contributed by atoms with Gasteiger partial charge < -0.3 is 5.32 Å². The van der Waals surface area contributed by atoms with Crippen molar-refractivity contribution in [3.8, 4) is 6.07 Å². The van der Waals surface area contributed by atoms with Crippen molar-refractivity contribution >= 4 is 28.2 Å². The van der Waals surface area contributed by atoms with Crippen molar-refractivity contribution < 1.29 is 0 Å². The molecule has 2 nitrogen and oxygen atoms in total. The summed E-state index contributed by atoms with van der Waals surface area (Å²) in [5.74, 6) is 1.06. The van der Waals surface area contributed by atoms with Crippen molar-refractivity contribution in [1.82, 2.24) is 0 Å². The number of hydrogen-bond donors (Lipinski definition) is 1. The van der Waals surface area contributed by atoms with E-state index in [0.29, 0.717) is 6.04 Å². The van der Waals surface area contributed by atoms with Crippen LogP contribution < -0.4 is 5.32 Å². The summed E-state index contributed by atoms with van der Waals surface area (Å²) in [6.07, 6.45) is 2.11. The third-order valence-corrected chi connectivity index (χ3v) is 3.70. The molecule has 0 aliphatic carbocycles. The van der Waals surface area contributed by atoms with Crippen LogP contribution in [0.5, 0.6) is 0 Å². The van der Waals surface area contributed by atoms with Gasteiger partial charge in [-0.3, -0.25) is 0 Å². The van der Waals surface area contributed by atoms with Gasteiger partial charge in [0.05, 0.1) is 11.6 Å². The summed E-state index contributed by atoms with van der Waals surface area (Å²) in [7, 11) is 0. The van der Waals surface area contributed by atoms with E-state index in [1.165, 1.54) is 0 Å². The van der Waals surface area contributed by atoms with Crippen LogP contribution in [-0.2, 0) is 0 Å². The first kappa shape index (κ1) is 12.8. The summed E-state index contributed by atoms with van der Waals surface area (Å²) in [6, 6.07) is 14.6. The Labute approximate surface area is 112 Å². The molecule has 1 N–H and O–H groups in total. The van der Waals surface area contributed by atoms with Gasteiger partial charge in [0.15, 0.2) is 0 Å². The normalized spacial score (nSPS) is 12.1. The van der Waals surface area contributed by atoms with Crippen LogP contribution in [0.15, 0.2) is 36.4 Å². The van der Waals surface area contributed by atoms with Crippen LogP contribution in [-0.4, -0.2) is 18.1 Å². The van der Waals surface area contributed by atoms with E-state index < -0.39 is 0 Å². The lowest BCUT2D eigenvalue weighted by Gasteiger charge is -2.16. The number of fused-ring (bicyclic) bond motifs is 1. The van der Waals surface area contributed by atoms with Gasteiger partial charge in [0.2, 0.25) is 0 Å². The Morgan fingerprint density at radius 3 is 2.61 bits per heavy atom. The molecule has 0 aliphatic rings. The Morgan fingerprint density at radius 1 is 1.22 bits per heavy atom. The molecule has 3 heteroatoms. The Morgan fingerprint density at radius 2 is 1.94 bits per heavy atom. The molecule has 0 radical (unpaired) electrons. The molecule has 0 bridgehead atoms. The van der Waals surface area contributed by atoms with Crippen molar-refractivity contribution in [1.29, 1.82) is 5.26 Å². The molecule has 0 amide bonds. The zero-order valence-electron chi connectivity index (χ0n) is 10.6. The molecule has 18 heavy (non-hydrogen) atoms. The average Bonchev–Trinajstić information content (AvgIpc) is 2.39. The largest absolute Gasteiger partial charge is 0.381 e. The first-order valence-electron chi connectivity index (χ1n) is 5.93. The number of nitriles is 1. The molecule has 0 fully saturated rings. The van der Waals surface area contributed by atoms with Crippen molar-refractivity contribution in [2.24, 2.45) is 0 Å². The zero-order chi connectivity index (χ0) is 13.0. The van der Waals surface area contributed by atoms with Crippen LogP contribution in [0.3, 0.4) is 0 Å². The van der Waals surface area contributed by atoms with Crippen LogP contribution in [0, 0.1) is 11.3 Å². The minimum absolute atomic E-state index is 0.413. The predicted molar refractivity (Wildman–Crippen MR) is 80.1 cm³/mol. The topological polar surface area (TPSA) is 35.8 Å². The first-order valence-corrected chi connectivity index (χ1v) is 7.33. The fraction of sp³-hybridized carbons (Fsp3) is 0.267. The van der Waals surface area contributed by atoms with E-state index in [9.17, 15) is 0 Å². The van der Waals surface area contributed by atoms with Gasteiger partial charge in [-0.2, -0.15) is 17.0 Å². The van der Waals surface area contributed by atoms with E-state index in [1.54, 1.807) is 0 Å². The van der Waals surface area contributed by atoms with E-state index >= 15 is 0 Å². The molecule has 1 atom stereocenters. The Balaban J connectivity index is 2.44. The van der Waals surface area contributed by atoms with E-state index in [1.807, 2.05) is 42.1 Å². The van der Waals surface area contributed by atoms with Gasteiger partial charge in [-0.15, -0.1) is 0 Å². The van der Waals surface area contributed by atoms with Gasteiger partial charge in [-0.05, 0) is 25.3 Å². The summed E-state index contributed by atoms with van der Waals surface area (Å²) in [4.78, 5) is 0. The maximum atomic E-state index is 9.12. The number of thioether (sulfide) groups is 1. The summed E-state index contributed by atoms with van der Waals surface area (Å²) < 4.78 is 0. The molecule has 2 rings (SSSR count). The van der Waals surface area contributed by atoms with E-state index in [-0.39, 0.29) is 0 Å². The Hall–Kier alpha value is -1.66. The average molecular weight is 256 g/mol. The monoisotopic (exact) mass is 256 g/mol. The van der Waals surface area contributed by atoms with Gasteiger partial charge in [0.1, 0.15) is 0 Å². The minimum Gasteiger partial charge on any atom is -0.381 e. The molecule has 0 aliphatic heterocycles. The molecular formula is C15H16N2S. The summed E-state index contributed by atoms with van der Waals surface area (Å²) in [5.41, 5.74) is 1.83. The van der Waals surface area contributed by atoms with Gasteiger partial charge in [0.25, 0.3) is 0 Å². The number of nitrogens with zero attached hydrogens (tertiary/aromatic N) is 1. The summed E-state index contributed by atoms with van der Waals surface area (Å²) >= 11 is 1.83. The second-order valence-electron chi connectivity index (χ2n) is 4.32. The molecule has 0 aromatic heterocycles. The van der Waals surface area contributed by atoms with Crippen LogP contribution >= 0.6 is 11.8 Å². The number of anilines is 1. The third kappa shape index (κ3) is 2.60. The predicted octanol–water partition coefficient (Wildman–Crippen LogP) is 3.87. The van der Waals surface area contributed by atoms with Crippen LogP contribution in [0.4, 0.5) is 5.69 Å². The first-order chi connectivity index (χ1) is 8.76. The molecule has 92 valence electrons. The lowest BCUT2D eigenvalue weighted by molar-refractivity contribution is 0.917.